The van der Waals surface area contributed by atoms with Crippen LogP contribution in [0.15, 0.2) is 130 Å². The third kappa shape index (κ3) is 3.41. The van der Waals surface area contributed by atoms with Crippen molar-refractivity contribution >= 4 is 43.9 Å². The van der Waals surface area contributed by atoms with E-state index in [4.69, 9.17) is 18.3 Å². The summed E-state index contributed by atoms with van der Waals surface area (Å²) in [4.78, 5) is 0. The van der Waals surface area contributed by atoms with Crippen LogP contribution in [0.25, 0.3) is 77.3 Å². The van der Waals surface area contributed by atoms with Gasteiger partial charge in [0.15, 0.2) is 0 Å². The monoisotopic (exact) mass is 530 g/mol. The van der Waals surface area contributed by atoms with E-state index in [1.54, 1.807) is 0 Å². The van der Waals surface area contributed by atoms with E-state index in [1.165, 1.54) is 0 Å². The van der Waals surface area contributed by atoms with E-state index >= 15 is 0 Å². The topological polar surface area (TPSA) is 44.7 Å². The number of hydrogen-bond donors (Lipinski definition) is 0. The Balaban J connectivity index is 1.21. The van der Waals surface area contributed by atoms with Gasteiger partial charge in [0.25, 0.3) is 0 Å². The van der Waals surface area contributed by atoms with Gasteiger partial charge in [-0.2, -0.15) is 0 Å². The molecule has 0 atom stereocenters. The maximum Gasteiger partial charge on any atom is 0.230 e. The zero-order chi connectivity index (χ0) is 26.9. The molecule has 0 fully saturated rings. The Morgan fingerprint density at radius 3 is 1.80 bits per heavy atom. The highest BCUT2D eigenvalue weighted by Crippen LogP contribution is 2.45. The van der Waals surface area contributed by atoms with Gasteiger partial charge in [-0.3, -0.25) is 0 Å². The maximum atomic E-state index is 6.17. The predicted octanol–water partition coefficient (Wildman–Crippen LogP) is 10.2. The van der Waals surface area contributed by atoms with Crippen LogP contribution in [-0.2, 0) is 0 Å². The highest BCUT2D eigenvalue weighted by molar-refractivity contribution is 6.12. The Hall–Kier alpha value is -5.48. The lowest BCUT2D eigenvalue weighted by atomic mass is 9.93. The zero-order valence-electron chi connectivity index (χ0n) is 21.9. The van der Waals surface area contributed by atoms with Crippen molar-refractivity contribution in [3.8, 4) is 44.9 Å². The first-order chi connectivity index (χ1) is 20.3. The van der Waals surface area contributed by atoms with Gasteiger partial charge in [0.2, 0.25) is 6.79 Å². The van der Waals surface area contributed by atoms with E-state index in [0.29, 0.717) is 0 Å². The average molecular weight is 531 g/mol. The van der Waals surface area contributed by atoms with Gasteiger partial charge >= 0.3 is 0 Å². The number of rotatable bonds is 2. The molecule has 0 spiro atoms. The molecular formula is C37H22O4. The molecule has 3 heterocycles. The second kappa shape index (κ2) is 8.51. The van der Waals surface area contributed by atoms with Crippen molar-refractivity contribution in [2.24, 2.45) is 0 Å². The molecular weight excluding hydrogens is 508 g/mol. The lowest BCUT2D eigenvalue weighted by Gasteiger charge is -2.12. The number of furan rings is 2. The van der Waals surface area contributed by atoms with Crippen LogP contribution in [0, 0.1) is 0 Å². The summed E-state index contributed by atoms with van der Waals surface area (Å²) in [6.07, 6.45) is 0. The Morgan fingerprint density at radius 2 is 0.976 bits per heavy atom. The van der Waals surface area contributed by atoms with Crippen molar-refractivity contribution in [1.82, 2.24) is 0 Å². The molecule has 0 saturated heterocycles. The normalized spacial score (nSPS) is 12.7. The van der Waals surface area contributed by atoms with E-state index < -0.39 is 0 Å². The minimum atomic E-state index is 0.158. The molecule has 0 bridgehead atoms. The van der Waals surface area contributed by atoms with Crippen molar-refractivity contribution in [1.29, 1.82) is 0 Å². The Bertz CT molecular complexity index is 2300. The minimum absolute atomic E-state index is 0.158. The lowest BCUT2D eigenvalue weighted by molar-refractivity contribution is 0.125. The van der Waals surface area contributed by atoms with Gasteiger partial charge in [0.05, 0.1) is 0 Å². The van der Waals surface area contributed by atoms with Gasteiger partial charge in [0, 0.05) is 32.7 Å². The molecule has 2 aromatic heterocycles. The van der Waals surface area contributed by atoms with Crippen molar-refractivity contribution in [2.45, 2.75) is 0 Å². The quantitative estimate of drug-likeness (QED) is 0.223. The summed E-state index contributed by atoms with van der Waals surface area (Å²) in [6, 6.07) is 41.6. The molecule has 0 radical (unpaired) electrons. The third-order valence-electron chi connectivity index (χ3n) is 8.10. The van der Waals surface area contributed by atoms with E-state index in [-0.39, 0.29) is 6.79 Å². The fraction of sp³-hybridized carbons (Fsp3) is 0.0270. The number of hydrogen-bond acceptors (Lipinski definition) is 4. The summed E-state index contributed by atoms with van der Waals surface area (Å²) in [5.41, 5.74) is 9.89. The standard InChI is InChI=1S/C37H22O4/c1-3-9-33-26(6-1)27-15-12-23(20-36(27)41-33)22-13-16-31-29(18-22)30-19-24(14-17-32(30)39-21-38-31)25-8-5-11-35-37(25)28-7-2-4-10-34(28)40-35/h1-20H,21H2. The molecule has 41 heavy (non-hydrogen) atoms. The van der Waals surface area contributed by atoms with Crippen LogP contribution in [-0.4, -0.2) is 6.79 Å². The van der Waals surface area contributed by atoms with Crippen LogP contribution in [0.5, 0.6) is 11.5 Å². The summed E-state index contributed by atoms with van der Waals surface area (Å²) < 4.78 is 24.4. The van der Waals surface area contributed by atoms with Gasteiger partial charge in [-0.1, -0.05) is 66.7 Å². The van der Waals surface area contributed by atoms with Crippen molar-refractivity contribution in [3.05, 3.63) is 121 Å². The smallest absolute Gasteiger partial charge is 0.230 e. The van der Waals surface area contributed by atoms with Crippen LogP contribution in [0.2, 0.25) is 0 Å². The first kappa shape index (κ1) is 22.3. The number of ether oxygens (including phenoxy) is 2. The van der Waals surface area contributed by atoms with Crippen molar-refractivity contribution in [3.63, 3.8) is 0 Å². The van der Waals surface area contributed by atoms with E-state index in [1.807, 2.05) is 54.6 Å². The van der Waals surface area contributed by atoms with Crippen LogP contribution >= 0.6 is 0 Å². The van der Waals surface area contributed by atoms with E-state index in [0.717, 1.165) is 88.8 Å². The van der Waals surface area contributed by atoms with Gasteiger partial charge < -0.3 is 18.3 Å². The van der Waals surface area contributed by atoms with Gasteiger partial charge in [-0.05, 0) is 76.9 Å². The maximum absolute atomic E-state index is 6.17. The zero-order valence-corrected chi connectivity index (χ0v) is 21.9. The highest BCUT2D eigenvalue weighted by Gasteiger charge is 2.20. The van der Waals surface area contributed by atoms with Crippen LogP contribution < -0.4 is 9.47 Å². The fourth-order valence-electron chi connectivity index (χ4n) is 6.16. The third-order valence-corrected chi connectivity index (χ3v) is 8.10. The molecule has 0 amide bonds. The highest BCUT2D eigenvalue weighted by atomic mass is 16.7. The lowest BCUT2D eigenvalue weighted by Crippen LogP contribution is -2.03. The molecule has 8 aromatic rings. The predicted molar refractivity (Wildman–Crippen MR) is 163 cm³/mol. The Morgan fingerprint density at radius 1 is 0.390 bits per heavy atom. The molecule has 9 rings (SSSR count). The summed E-state index contributed by atoms with van der Waals surface area (Å²) in [6.45, 7) is 0.158. The molecule has 6 aromatic carbocycles. The largest absolute Gasteiger partial charge is 0.457 e. The van der Waals surface area contributed by atoms with E-state index in [9.17, 15) is 0 Å². The molecule has 1 aliphatic heterocycles. The number of para-hydroxylation sites is 2. The first-order valence-electron chi connectivity index (χ1n) is 13.7. The average Bonchev–Trinajstić information content (AvgIpc) is 3.53. The Labute approximate surface area is 235 Å². The van der Waals surface area contributed by atoms with Crippen molar-refractivity contribution < 1.29 is 18.3 Å². The SMILES string of the molecule is c1ccc2c(c1)oc1cc(-c3ccc4c(c3)-c3cc(-c5cccc6oc7ccccc7c56)ccc3OCO4)ccc12. The molecule has 194 valence electrons. The molecule has 4 nitrogen and oxygen atoms in total. The summed E-state index contributed by atoms with van der Waals surface area (Å²) in [5.74, 6) is 1.59. The first-order valence-corrected chi connectivity index (χ1v) is 13.7. The second-order valence-corrected chi connectivity index (χ2v) is 10.4. The van der Waals surface area contributed by atoms with Crippen LogP contribution in [0.3, 0.4) is 0 Å². The molecule has 0 saturated carbocycles. The van der Waals surface area contributed by atoms with Crippen molar-refractivity contribution in [2.75, 3.05) is 6.79 Å². The van der Waals surface area contributed by atoms with Gasteiger partial charge in [-0.15, -0.1) is 0 Å². The number of fused-ring (bicyclic) bond motifs is 9. The van der Waals surface area contributed by atoms with E-state index in [2.05, 4.69) is 66.7 Å². The molecule has 4 heteroatoms. The summed E-state index contributed by atoms with van der Waals surface area (Å²) in [5, 5.41) is 4.47. The second-order valence-electron chi connectivity index (χ2n) is 10.4. The van der Waals surface area contributed by atoms with Gasteiger partial charge in [0.1, 0.15) is 33.8 Å². The summed E-state index contributed by atoms with van der Waals surface area (Å²) in [7, 11) is 0. The molecule has 0 aliphatic carbocycles. The van der Waals surface area contributed by atoms with Crippen LogP contribution in [0.4, 0.5) is 0 Å². The van der Waals surface area contributed by atoms with Crippen LogP contribution in [0.1, 0.15) is 0 Å². The molecule has 0 unspecified atom stereocenters. The minimum Gasteiger partial charge on any atom is -0.457 e. The fourth-order valence-corrected chi connectivity index (χ4v) is 6.16. The summed E-state index contributed by atoms with van der Waals surface area (Å²) >= 11 is 0. The Kier molecular flexibility index (Phi) is 4.64. The van der Waals surface area contributed by atoms with Gasteiger partial charge in [-0.25, -0.2) is 0 Å². The number of benzene rings is 6. The molecule has 0 N–H and O–H groups in total. The molecule has 1 aliphatic rings.